The molecule has 1 aromatic carbocycles. The number of nitrogens with one attached hydrogen (secondary N) is 1. The van der Waals surface area contributed by atoms with E-state index in [1.54, 1.807) is 0 Å². The van der Waals surface area contributed by atoms with Gasteiger partial charge in [0.1, 0.15) is 5.75 Å². The number of phenolic OH excluding ortho intramolecular Hbond substituents is 1. The van der Waals surface area contributed by atoms with E-state index >= 15 is 0 Å². The summed E-state index contributed by atoms with van der Waals surface area (Å²) in [5.41, 5.74) is 0. The third-order valence-corrected chi connectivity index (χ3v) is 4.92. The predicted molar refractivity (Wildman–Crippen MR) is 73.6 cm³/mol. The maximum atomic E-state index is 12.2. The molecular weight excluding hydrogens is 264 g/mol. The van der Waals surface area contributed by atoms with Crippen LogP contribution in [0.1, 0.15) is 19.8 Å². The summed E-state index contributed by atoms with van der Waals surface area (Å²) in [6.45, 7) is 4.78. The highest BCUT2D eigenvalue weighted by atomic mass is 32.2. The molecule has 0 amide bonds. The van der Waals surface area contributed by atoms with Crippen LogP contribution in [0.25, 0.3) is 0 Å². The average molecular weight is 284 g/mol. The number of hydrogen-bond acceptors (Lipinski definition) is 4. The third-order valence-electron chi connectivity index (χ3n) is 3.40. The molecule has 19 heavy (non-hydrogen) atoms. The second-order valence-electron chi connectivity index (χ2n) is 4.85. The second kappa shape index (κ2) is 5.90. The fourth-order valence-electron chi connectivity index (χ4n) is 2.38. The normalized spacial score (nSPS) is 21.4. The molecule has 1 aliphatic rings. The molecule has 2 N–H and O–H groups in total. The van der Waals surface area contributed by atoms with Gasteiger partial charge < -0.3 is 10.0 Å². The van der Waals surface area contributed by atoms with Crippen LogP contribution >= 0.6 is 0 Å². The highest BCUT2D eigenvalue weighted by Gasteiger charge is 2.24. The summed E-state index contributed by atoms with van der Waals surface area (Å²) in [5.74, 6) is -0.0401. The summed E-state index contributed by atoms with van der Waals surface area (Å²) in [6, 6.07) is 5.69. The summed E-state index contributed by atoms with van der Waals surface area (Å²) >= 11 is 0. The molecule has 0 spiro atoms. The summed E-state index contributed by atoms with van der Waals surface area (Å²) in [4.78, 5) is 2.35. The Labute approximate surface area is 114 Å². The molecule has 0 bridgehead atoms. The Morgan fingerprint density at radius 3 is 2.95 bits per heavy atom. The van der Waals surface area contributed by atoms with Gasteiger partial charge in [-0.25, -0.2) is 13.1 Å². The zero-order chi connectivity index (χ0) is 13.9. The first-order valence-corrected chi connectivity index (χ1v) is 8.03. The van der Waals surface area contributed by atoms with Crippen LogP contribution in [0.2, 0.25) is 0 Å². The fraction of sp³-hybridized carbons (Fsp3) is 0.538. The van der Waals surface area contributed by atoms with E-state index in [9.17, 15) is 13.5 Å². The number of benzene rings is 1. The first-order chi connectivity index (χ1) is 9.01. The van der Waals surface area contributed by atoms with Gasteiger partial charge in [0.25, 0.3) is 0 Å². The van der Waals surface area contributed by atoms with Gasteiger partial charge in [-0.05, 0) is 44.1 Å². The van der Waals surface area contributed by atoms with Crippen molar-refractivity contribution in [3.05, 3.63) is 24.3 Å². The highest BCUT2D eigenvalue weighted by Crippen LogP contribution is 2.18. The molecule has 106 valence electrons. The van der Waals surface area contributed by atoms with Crippen LogP contribution in [-0.4, -0.2) is 44.1 Å². The number of phenols is 1. The van der Waals surface area contributed by atoms with Crippen LogP contribution in [0, 0.1) is 0 Å². The minimum Gasteiger partial charge on any atom is -0.508 e. The Hall–Kier alpha value is -1.11. The molecule has 1 heterocycles. The SMILES string of the molecule is CCN1CCCC(NS(=O)(=O)c2cccc(O)c2)C1. The Bertz CT molecular complexity index is 530. The molecule has 1 fully saturated rings. The lowest BCUT2D eigenvalue weighted by Crippen LogP contribution is -2.47. The van der Waals surface area contributed by atoms with E-state index in [-0.39, 0.29) is 16.7 Å². The van der Waals surface area contributed by atoms with E-state index in [0.717, 1.165) is 32.5 Å². The van der Waals surface area contributed by atoms with Crippen LogP contribution in [0.4, 0.5) is 0 Å². The molecule has 2 rings (SSSR count). The van der Waals surface area contributed by atoms with Crippen LogP contribution in [-0.2, 0) is 10.0 Å². The van der Waals surface area contributed by atoms with E-state index in [0.29, 0.717) is 0 Å². The van der Waals surface area contributed by atoms with Gasteiger partial charge >= 0.3 is 0 Å². The van der Waals surface area contributed by atoms with Crippen molar-refractivity contribution < 1.29 is 13.5 Å². The van der Waals surface area contributed by atoms with Crippen molar-refractivity contribution in [1.29, 1.82) is 0 Å². The summed E-state index contributed by atoms with van der Waals surface area (Å²) in [6.07, 6.45) is 1.86. The van der Waals surface area contributed by atoms with Gasteiger partial charge in [0.15, 0.2) is 0 Å². The molecule has 0 aliphatic carbocycles. The molecule has 1 atom stereocenters. The van der Waals surface area contributed by atoms with Gasteiger partial charge in [-0.1, -0.05) is 13.0 Å². The summed E-state index contributed by atoms with van der Waals surface area (Å²) < 4.78 is 27.1. The van der Waals surface area contributed by atoms with Crippen molar-refractivity contribution in [3.63, 3.8) is 0 Å². The van der Waals surface area contributed by atoms with Crippen molar-refractivity contribution in [2.75, 3.05) is 19.6 Å². The zero-order valence-electron chi connectivity index (χ0n) is 11.0. The van der Waals surface area contributed by atoms with E-state index in [4.69, 9.17) is 0 Å². The van der Waals surface area contributed by atoms with Gasteiger partial charge in [-0.15, -0.1) is 0 Å². The minimum atomic E-state index is -3.55. The van der Waals surface area contributed by atoms with Crippen LogP contribution in [0.5, 0.6) is 5.75 Å². The highest BCUT2D eigenvalue weighted by molar-refractivity contribution is 7.89. The summed E-state index contributed by atoms with van der Waals surface area (Å²) in [7, 11) is -3.55. The van der Waals surface area contributed by atoms with E-state index < -0.39 is 10.0 Å². The number of hydrogen-bond donors (Lipinski definition) is 2. The zero-order valence-corrected chi connectivity index (χ0v) is 11.9. The average Bonchev–Trinajstić information content (AvgIpc) is 2.38. The Morgan fingerprint density at radius 2 is 2.26 bits per heavy atom. The molecule has 0 radical (unpaired) electrons. The van der Waals surface area contributed by atoms with Crippen molar-refractivity contribution in [3.8, 4) is 5.75 Å². The quantitative estimate of drug-likeness (QED) is 0.870. The van der Waals surface area contributed by atoms with Crippen LogP contribution < -0.4 is 4.72 Å². The number of aromatic hydroxyl groups is 1. The topological polar surface area (TPSA) is 69.6 Å². The minimum absolute atomic E-state index is 0.0401. The fourth-order valence-corrected chi connectivity index (χ4v) is 3.68. The van der Waals surface area contributed by atoms with Gasteiger partial charge in [0.2, 0.25) is 10.0 Å². The molecule has 0 saturated carbocycles. The molecule has 1 unspecified atom stereocenters. The van der Waals surface area contributed by atoms with Crippen LogP contribution in [0.15, 0.2) is 29.2 Å². The number of likely N-dealkylation sites (tertiary alicyclic amines) is 1. The van der Waals surface area contributed by atoms with Crippen molar-refractivity contribution in [1.82, 2.24) is 9.62 Å². The number of piperidine rings is 1. The number of sulfonamides is 1. The first kappa shape index (κ1) is 14.3. The molecule has 6 heteroatoms. The molecular formula is C13H20N2O3S. The molecule has 1 saturated heterocycles. The van der Waals surface area contributed by atoms with E-state index in [1.165, 1.54) is 24.3 Å². The maximum Gasteiger partial charge on any atom is 0.240 e. The summed E-state index contributed by atoms with van der Waals surface area (Å²) in [5, 5.41) is 9.36. The Kier molecular flexibility index (Phi) is 4.44. The predicted octanol–water partition coefficient (Wildman–Crippen LogP) is 1.15. The van der Waals surface area contributed by atoms with Crippen molar-refractivity contribution in [2.45, 2.75) is 30.7 Å². The van der Waals surface area contributed by atoms with Crippen molar-refractivity contribution >= 4 is 10.0 Å². The Morgan fingerprint density at radius 1 is 1.47 bits per heavy atom. The standard InChI is InChI=1S/C13H20N2O3S/c1-2-15-8-4-5-11(10-15)14-19(17,18)13-7-3-6-12(16)9-13/h3,6-7,9,11,14,16H,2,4-5,8,10H2,1H3. The lowest BCUT2D eigenvalue weighted by Gasteiger charge is -2.32. The molecule has 0 aromatic heterocycles. The lowest BCUT2D eigenvalue weighted by molar-refractivity contribution is 0.211. The molecule has 1 aliphatic heterocycles. The lowest BCUT2D eigenvalue weighted by atomic mass is 10.1. The largest absolute Gasteiger partial charge is 0.508 e. The monoisotopic (exact) mass is 284 g/mol. The van der Waals surface area contributed by atoms with E-state index in [1.807, 2.05) is 0 Å². The first-order valence-electron chi connectivity index (χ1n) is 6.55. The van der Waals surface area contributed by atoms with Gasteiger partial charge in [-0.3, -0.25) is 0 Å². The Balaban J connectivity index is 2.09. The van der Waals surface area contributed by atoms with E-state index in [2.05, 4.69) is 16.5 Å². The van der Waals surface area contributed by atoms with Crippen molar-refractivity contribution in [2.24, 2.45) is 0 Å². The second-order valence-corrected chi connectivity index (χ2v) is 6.57. The smallest absolute Gasteiger partial charge is 0.240 e. The van der Waals surface area contributed by atoms with Gasteiger partial charge in [0.05, 0.1) is 4.90 Å². The van der Waals surface area contributed by atoms with Gasteiger partial charge in [-0.2, -0.15) is 0 Å². The third kappa shape index (κ3) is 3.68. The molecule has 5 nitrogen and oxygen atoms in total. The van der Waals surface area contributed by atoms with Gasteiger partial charge in [0, 0.05) is 12.6 Å². The maximum absolute atomic E-state index is 12.2. The van der Waals surface area contributed by atoms with Crippen LogP contribution in [0.3, 0.4) is 0 Å². The number of nitrogens with zero attached hydrogens (tertiary/aromatic N) is 1. The number of likely N-dealkylation sites (N-methyl/N-ethyl adjacent to an activating group) is 1. The number of rotatable bonds is 4. The molecule has 1 aromatic rings.